The van der Waals surface area contributed by atoms with Gasteiger partial charge < -0.3 is 15.3 Å². The van der Waals surface area contributed by atoms with Gasteiger partial charge in [-0.05, 0) is 24.1 Å². The lowest BCUT2D eigenvalue weighted by Gasteiger charge is -2.18. The van der Waals surface area contributed by atoms with Crippen molar-refractivity contribution >= 4 is 11.6 Å². The van der Waals surface area contributed by atoms with Crippen LogP contribution in [0.25, 0.3) is 0 Å². The monoisotopic (exact) mass is 216 g/mol. The molecule has 0 aliphatic heterocycles. The van der Waals surface area contributed by atoms with Crippen LogP contribution in [-0.2, 0) is 0 Å². The maximum Gasteiger partial charge on any atom is 0.118 e. The third-order valence-electron chi connectivity index (χ3n) is 2.19. The Morgan fingerprint density at radius 1 is 1.36 bits per heavy atom. The molecule has 0 aliphatic carbocycles. The Labute approximate surface area is 87.6 Å². The second kappa shape index (κ2) is 4.64. The van der Waals surface area contributed by atoms with Gasteiger partial charge in [-0.25, -0.2) is 0 Å². The summed E-state index contributed by atoms with van der Waals surface area (Å²) in [5.74, 6) is 0.0549. The Hall–Kier alpha value is -0.770. The minimum Gasteiger partial charge on any atom is -0.508 e. The van der Waals surface area contributed by atoms with E-state index in [9.17, 15) is 15.3 Å². The van der Waals surface area contributed by atoms with E-state index in [-0.39, 0.29) is 11.6 Å². The summed E-state index contributed by atoms with van der Waals surface area (Å²) in [4.78, 5) is 0. The summed E-state index contributed by atoms with van der Waals surface area (Å²) in [6, 6.07) is 4.79. The van der Waals surface area contributed by atoms with Crippen LogP contribution in [0.4, 0.5) is 0 Å². The highest BCUT2D eigenvalue weighted by Crippen LogP contribution is 2.27. The second-order valence-electron chi connectivity index (χ2n) is 3.16. The molecule has 1 rings (SSSR count). The van der Waals surface area contributed by atoms with E-state index >= 15 is 0 Å². The van der Waals surface area contributed by atoms with E-state index in [4.69, 9.17) is 11.6 Å². The normalized spacial score (nSPS) is 15.1. The first-order valence-corrected chi connectivity index (χ1v) is 4.82. The van der Waals surface area contributed by atoms with Gasteiger partial charge in [-0.1, -0.05) is 12.1 Å². The average molecular weight is 217 g/mol. The molecule has 0 aromatic heterocycles. The van der Waals surface area contributed by atoms with Gasteiger partial charge in [0.2, 0.25) is 0 Å². The van der Waals surface area contributed by atoms with Crippen molar-refractivity contribution in [2.24, 2.45) is 0 Å². The van der Waals surface area contributed by atoms with E-state index in [1.807, 2.05) is 0 Å². The Kier molecular flexibility index (Phi) is 3.75. The van der Waals surface area contributed by atoms with Crippen LogP contribution in [0, 0.1) is 6.92 Å². The highest BCUT2D eigenvalue weighted by atomic mass is 35.5. The third-order valence-corrected chi connectivity index (χ3v) is 2.50. The SMILES string of the molecule is Cc1c(O)cccc1C(O)C(O)CCl. The van der Waals surface area contributed by atoms with Crippen LogP contribution < -0.4 is 0 Å². The van der Waals surface area contributed by atoms with E-state index < -0.39 is 12.2 Å². The van der Waals surface area contributed by atoms with E-state index in [0.717, 1.165) is 0 Å². The quantitative estimate of drug-likeness (QED) is 0.669. The lowest BCUT2D eigenvalue weighted by Crippen LogP contribution is -2.20. The third kappa shape index (κ3) is 2.18. The summed E-state index contributed by atoms with van der Waals surface area (Å²) in [5, 5.41) is 28.4. The number of aliphatic hydroxyl groups is 2. The fourth-order valence-corrected chi connectivity index (χ4v) is 1.42. The Morgan fingerprint density at radius 3 is 2.57 bits per heavy atom. The fourth-order valence-electron chi connectivity index (χ4n) is 1.25. The molecular formula is C10H13ClO3. The molecule has 78 valence electrons. The number of alkyl halides is 1. The van der Waals surface area contributed by atoms with Crippen molar-refractivity contribution in [3.8, 4) is 5.75 Å². The maximum atomic E-state index is 9.65. The first kappa shape index (κ1) is 11.3. The predicted octanol–water partition coefficient (Wildman–Crippen LogP) is 1.33. The summed E-state index contributed by atoms with van der Waals surface area (Å²) in [6.07, 6.45) is -2.07. The molecule has 3 N–H and O–H groups in total. The average Bonchev–Trinajstić information content (AvgIpc) is 2.20. The lowest BCUT2D eigenvalue weighted by molar-refractivity contribution is 0.0322. The molecule has 0 saturated carbocycles. The Bertz CT molecular complexity index is 314. The number of aromatic hydroxyl groups is 1. The van der Waals surface area contributed by atoms with Gasteiger partial charge in [0.1, 0.15) is 11.9 Å². The van der Waals surface area contributed by atoms with Gasteiger partial charge in [0, 0.05) is 0 Å². The van der Waals surface area contributed by atoms with Gasteiger partial charge in [-0.3, -0.25) is 0 Å². The van der Waals surface area contributed by atoms with Crippen LogP contribution >= 0.6 is 11.6 Å². The minimum atomic E-state index is -1.06. The van der Waals surface area contributed by atoms with Crippen LogP contribution in [0.1, 0.15) is 17.2 Å². The van der Waals surface area contributed by atoms with Crippen LogP contribution in [0.15, 0.2) is 18.2 Å². The second-order valence-corrected chi connectivity index (χ2v) is 3.47. The number of hydrogen-bond donors (Lipinski definition) is 3. The molecule has 4 heteroatoms. The molecule has 14 heavy (non-hydrogen) atoms. The molecule has 1 aromatic rings. The van der Waals surface area contributed by atoms with Crippen LogP contribution in [0.2, 0.25) is 0 Å². The predicted molar refractivity (Wildman–Crippen MR) is 54.5 cm³/mol. The molecule has 0 fully saturated rings. The summed E-state index contributed by atoms with van der Waals surface area (Å²) in [6.45, 7) is 1.68. The van der Waals surface area contributed by atoms with Crippen molar-refractivity contribution in [3.63, 3.8) is 0 Å². The first-order chi connectivity index (χ1) is 6.57. The van der Waals surface area contributed by atoms with E-state index in [0.29, 0.717) is 11.1 Å². The van der Waals surface area contributed by atoms with Crippen molar-refractivity contribution in [2.45, 2.75) is 19.1 Å². The van der Waals surface area contributed by atoms with Crippen LogP contribution in [-0.4, -0.2) is 27.3 Å². The number of halogens is 1. The smallest absolute Gasteiger partial charge is 0.118 e. The van der Waals surface area contributed by atoms with E-state index in [2.05, 4.69) is 0 Å². The number of phenolic OH excluding ortho intramolecular Hbond substituents is 1. The molecule has 0 bridgehead atoms. The molecule has 1 aromatic carbocycles. The molecule has 0 saturated heterocycles. The number of rotatable bonds is 3. The van der Waals surface area contributed by atoms with Gasteiger partial charge in [0.15, 0.2) is 0 Å². The summed E-state index contributed by atoms with van der Waals surface area (Å²) in [5.41, 5.74) is 1.06. The number of phenols is 1. The zero-order valence-electron chi connectivity index (χ0n) is 7.81. The van der Waals surface area contributed by atoms with E-state index in [1.165, 1.54) is 6.07 Å². The Balaban J connectivity index is 3.01. The zero-order valence-corrected chi connectivity index (χ0v) is 8.57. The van der Waals surface area contributed by atoms with E-state index in [1.54, 1.807) is 19.1 Å². The van der Waals surface area contributed by atoms with Crippen molar-refractivity contribution in [1.29, 1.82) is 0 Å². The zero-order chi connectivity index (χ0) is 10.7. The minimum absolute atomic E-state index is 0.0454. The first-order valence-electron chi connectivity index (χ1n) is 4.28. The molecule has 0 amide bonds. The van der Waals surface area contributed by atoms with Crippen molar-refractivity contribution in [3.05, 3.63) is 29.3 Å². The number of hydrogen-bond acceptors (Lipinski definition) is 3. The van der Waals surface area contributed by atoms with Gasteiger partial charge >= 0.3 is 0 Å². The molecule has 2 unspecified atom stereocenters. The number of aliphatic hydroxyl groups excluding tert-OH is 2. The van der Waals surface area contributed by atoms with Crippen molar-refractivity contribution < 1.29 is 15.3 Å². The highest BCUT2D eigenvalue weighted by molar-refractivity contribution is 6.18. The molecule has 0 heterocycles. The molecule has 0 radical (unpaired) electrons. The van der Waals surface area contributed by atoms with Gasteiger partial charge in [-0.15, -0.1) is 11.6 Å². The molecule has 2 atom stereocenters. The molecular weight excluding hydrogens is 204 g/mol. The summed E-state index contributed by atoms with van der Waals surface area (Å²) in [7, 11) is 0. The summed E-state index contributed by atoms with van der Waals surface area (Å²) < 4.78 is 0. The van der Waals surface area contributed by atoms with Crippen LogP contribution in [0.3, 0.4) is 0 Å². The Morgan fingerprint density at radius 2 is 2.00 bits per heavy atom. The fraction of sp³-hybridized carbons (Fsp3) is 0.400. The van der Waals surface area contributed by atoms with Crippen molar-refractivity contribution in [2.75, 3.05) is 5.88 Å². The van der Waals surface area contributed by atoms with Gasteiger partial charge in [0.05, 0.1) is 12.0 Å². The van der Waals surface area contributed by atoms with Gasteiger partial charge in [-0.2, -0.15) is 0 Å². The molecule has 0 aliphatic rings. The molecule has 0 spiro atoms. The van der Waals surface area contributed by atoms with Crippen LogP contribution in [0.5, 0.6) is 5.75 Å². The largest absolute Gasteiger partial charge is 0.508 e. The summed E-state index contributed by atoms with van der Waals surface area (Å²) >= 11 is 5.42. The maximum absolute atomic E-state index is 9.65. The van der Waals surface area contributed by atoms with Gasteiger partial charge in [0.25, 0.3) is 0 Å². The number of benzene rings is 1. The lowest BCUT2D eigenvalue weighted by atomic mass is 9.99. The topological polar surface area (TPSA) is 60.7 Å². The molecule has 3 nitrogen and oxygen atoms in total. The van der Waals surface area contributed by atoms with Crippen molar-refractivity contribution in [1.82, 2.24) is 0 Å². The standard InChI is InChI=1S/C10H13ClO3/c1-6-7(3-2-4-8(6)12)10(14)9(13)5-11/h2-4,9-10,12-14H,5H2,1H3. The highest BCUT2D eigenvalue weighted by Gasteiger charge is 2.19.